The van der Waals surface area contributed by atoms with Crippen molar-refractivity contribution < 1.29 is 13.2 Å². The van der Waals surface area contributed by atoms with Crippen LogP contribution < -0.4 is 9.88 Å². The van der Waals surface area contributed by atoms with Crippen LogP contribution in [0.2, 0.25) is 0 Å². The van der Waals surface area contributed by atoms with Crippen molar-refractivity contribution in [3.63, 3.8) is 0 Å². The predicted molar refractivity (Wildman–Crippen MR) is 72.0 cm³/mol. The molecule has 0 aliphatic carbocycles. The predicted octanol–water partition coefficient (Wildman–Crippen LogP) is 1.90. The van der Waals surface area contributed by atoms with Crippen LogP contribution in [0.5, 0.6) is 5.75 Å². The fourth-order valence-corrected chi connectivity index (χ4v) is 2.28. The van der Waals surface area contributed by atoms with Gasteiger partial charge in [-0.1, -0.05) is 36.4 Å². The van der Waals surface area contributed by atoms with E-state index in [4.69, 9.17) is 9.88 Å². The number of hydrogen-bond donors (Lipinski definition) is 1. The van der Waals surface area contributed by atoms with Crippen LogP contribution in [0.15, 0.2) is 42.5 Å². The number of ether oxygens (including phenoxy) is 1. The molecule has 2 N–H and O–H groups in total. The van der Waals surface area contributed by atoms with E-state index in [1.54, 1.807) is 0 Å². The number of nitrogens with two attached hydrogens (primary N) is 1. The second kappa shape index (κ2) is 5.37. The van der Waals surface area contributed by atoms with Gasteiger partial charge < -0.3 is 4.74 Å². The van der Waals surface area contributed by atoms with Crippen molar-refractivity contribution in [1.82, 2.24) is 0 Å². The molecule has 0 amide bonds. The van der Waals surface area contributed by atoms with E-state index in [0.29, 0.717) is 13.0 Å². The van der Waals surface area contributed by atoms with Crippen LogP contribution >= 0.6 is 0 Å². The van der Waals surface area contributed by atoms with E-state index in [2.05, 4.69) is 0 Å². The third-order valence-corrected chi connectivity index (χ3v) is 3.44. The number of sulfonamides is 1. The normalized spacial score (nSPS) is 11.6. The van der Waals surface area contributed by atoms with Crippen molar-refractivity contribution >= 4 is 20.8 Å². The van der Waals surface area contributed by atoms with Crippen LogP contribution in [0.4, 0.5) is 0 Å². The highest BCUT2D eigenvalue weighted by atomic mass is 32.2. The summed E-state index contributed by atoms with van der Waals surface area (Å²) in [4.78, 5) is 0. The maximum Gasteiger partial charge on any atom is 0.209 e. The third-order valence-electron chi connectivity index (χ3n) is 2.58. The van der Waals surface area contributed by atoms with Crippen molar-refractivity contribution in [3.05, 3.63) is 42.5 Å². The highest BCUT2D eigenvalue weighted by Gasteiger charge is 2.04. The minimum atomic E-state index is -3.40. The maximum atomic E-state index is 10.8. The Labute approximate surface area is 106 Å². The zero-order valence-electron chi connectivity index (χ0n) is 9.87. The summed E-state index contributed by atoms with van der Waals surface area (Å²) in [5, 5.41) is 7.04. The standard InChI is InChI=1S/C13H15NO3S/c14-18(15,16)10-4-9-17-13-8-3-6-11-5-1-2-7-12(11)13/h1-3,5-8H,4,9-10H2,(H2,14,15,16). The Morgan fingerprint density at radius 2 is 1.78 bits per heavy atom. The average molecular weight is 265 g/mol. The SMILES string of the molecule is NS(=O)(=O)CCCOc1cccc2ccccc12. The van der Waals surface area contributed by atoms with Gasteiger partial charge in [0, 0.05) is 5.39 Å². The fourth-order valence-electron chi connectivity index (χ4n) is 1.76. The van der Waals surface area contributed by atoms with Gasteiger partial charge in [-0.3, -0.25) is 0 Å². The first kappa shape index (κ1) is 12.9. The maximum absolute atomic E-state index is 10.8. The second-order valence-electron chi connectivity index (χ2n) is 4.05. The number of hydrogen-bond acceptors (Lipinski definition) is 3. The number of primary sulfonamides is 1. The van der Waals surface area contributed by atoms with E-state index >= 15 is 0 Å². The summed E-state index contributed by atoms with van der Waals surface area (Å²) in [5.41, 5.74) is 0. The van der Waals surface area contributed by atoms with Crippen LogP contribution in [0, 0.1) is 0 Å². The molecule has 5 heteroatoms. The molecule has 0 saturated carbocycles. The molecule has 96 valence electrons. The lowest BCUT2D eigenvalue weighted by molar-refractivity contribution is 0.321. The zero-order valence-corrected chi connectivity index (χ0v) is 10.7. The first-order valence-corrected chi connectivity index (χ1v) is 7.39. The molecule has 0 radical (unpaired) electrons. The molecular formula is C13H15NO3S. The van der Waals surface area contributed by atoms with Crippen molar-refractivity contribution in [2.24, 2.45) is 5.14 Å². The van der Waals surface area contributed by atoms with Gasteiger partial charge in [-0.15, -0.1) is 0 Å². The third kappa shape index (κ3) is 3.45. The Bertz CT molecular complexity index is 632. The smallest absolute Gasteiger partial charge is 0.209 e. The summed E-state index contributed by atoms with van der Waals surface area (Å²) >= 11 is 0. The summed E-state index contributed by atoms with van der Waals surface area (Å²) in [6, 6.07) is 13.7. The molecule has 0 bridgehead atoms. The molecule has 0 heterocycles. The lowest BCUT2D eigenvalue weighted by Crippen LogP contribution is -2.18. The molecule has 0 saturated heterocycles. The molecule has 0 atom stereocenters. The summed E-state index contributed by atoms with van der Waals surface area (Å²) in [6.45, 7) is 0.338. The monoisotopic (exact) mass is 265 g/mol. The van der Waals surface area contributed by atoms with E-state index in [1.807, 2.05) is 42.5 Å². The molecule has 0 unspecified atom stereocenters. The highest BCUT2D eigenvalue weighted by Crippen LogP contribution is 2.25. The number of fused-ring (bicyclic) bond motifs is 1. The molecule has 2 rings (SSSR count). The molecule has 0 aliphatic rings. The fraction of sp³-hybridized carbons (Fsp3) is 0.231. The molecule has 2 aromatic carbocycles. The molecule has 2 aromatic rings. The minimum absolute atomic E-state index is 0.0578. The van der Waals surface area contributed by atoms with Crippen molar-refractivity contribution in [3.8, 4) is 5.75 Å². The first-order valence-electron chi connectivity index (χ1n) is 5.67. The van der Waals surface area contributed by atoms with E-state index in [-0.39, 0.29) is 5.75 Å². The highest BCUT2D eigenvalue weighted by molar-refractivity contribution is 7.89. The Hall–Kier alpha value is -1.59. The summed E-state index contributed by atoms with van der Waals surface area (Å²) in [5.74, 6) is 0.708. The van der Waals surface area contributed by atoms with Gasteiger partial charge in [0.15, 0.2) is 0 Å². The van der Waals surface area contributed by atoms with Crippen molar-refractivity contribution in [2.45, 2.75) is 6.42 Å². The van der Waals surface area contributed by atoms with Crippen LogP contribution in [0.1, 0.15) is 6.42 Å². The Morgan fingerprint density at radius 1 is 1.06 bits per heavy atom. The topological polar surface area (TPSA) is 69.4 Å². The lowest BCUT2D eigenvalue weighted by Gasteiger charge is -2.08. The number of benzene rings is 2. The quantitative estimate of drug-likeness (QED) is 0.839. The van der Waals surface area contributed by atoms with Crippen LogP contribution in [-0.4, -0.2) is 20.8 Å². The Kier molecular flexibility index (Phi) is 3.84. The zero-order chi connectivity index (χ0) is 13.0. The minimum Gasteiger partial charge on any atom is -0.493 e. The van der Waals surface area contributed by atoms with Gasteiger partial charge in [-0.2, -0.15) is 0 Å². The van der Waals surface area contributed by atoms with Crippen molar-refractivity contribution in [2.75, 3.05) is 12.4 Å². The van der Waals surface area contributed by atoms with Gasteiger partial charge >= 0.3 is 0 Å². The van der Waals surface area contributed by atoms with Gasteiger partial charge in [0.25, 0.3) is 0 Å². The van der Waals surface area contributed by atoms with E-state index in [0.717, 1.165) is 16.5 Å². The largest absolute Gasteiger partial charge is 0.493 e. The van der Waals surface area contributed by atoms with Crippen LogP contribution in [0.3, 0.4) is 0 Å². The molecule has 18 heavy (non-hydrogen) atoms. The Morgan fingerprint density at radius 3 is 2.56 bits per heavy atom. The van der Waals surface area contributed by atoms with E-state index in [1.165, 1.54) is 0 Å². The molecule has 4 nitrogen and oxygen atoms in total. The summed E-state index contributed by atoms with van der Waals surface area (Å²) in [7, 11) is -3.40. The molecule has 0 aliphatic heterocycles. The van der Waals surface area contributed by atoms with Crippen LogP contribution in [0.25, 0.3) is 10.8 Å². The molecule has 0 spiro atoms. The van der Waals surface area contributed by atoms with Crippen molar-refractivity contribution in [1.29, 1.82) is 0 Å². The van der Waals surface area contributed by atoms with Gasteiger partial charge in [0.1, 0.15) is 5.75 Å². The molecule has 0 fully saturated rings. The van der Waals surface area contributed by atoms with Gasteiger partial charge in [-0.25, -0.2) is 13.6 Å². The summed E-state index contributed by atoms with van der Waals surface area (Å²) in [6.07, 6.45) is 0.391. The van der Waals surface area contributed by atoms with Gasteiger partial charge in [-0.05, 0) is 17.9 Å². The first-order chi connectivity index (χ1) is 8.56. The summed E-state index contributed by atoms with van der Waals surface area (Å²) < 4.78 is 27.1. The Balaban J connectivity index is 2.04. The van der Waals surface area contributed by atoms with E-state index < -0.39 is 10.0 Å². The average Bonchev–Trinajstić information content (AvgIpc) is 2.33. The molecular weight excluding hydrogens is 250 g/mol. The second-order valence-corrected chi connectivity index (χ2v) is 5.78. The van der Waals surface area contributed by atoms with Gasteiger partial charge in [0.2, 0.25) is 10.0 Å². The van der Waals surface area contributed by atoms with Crippen LogP contribution in [-0.2, 0) is 10.0 Å². The lowest BCUT2D eigenvalue weighted by atomic mass is 10.1. The molecule has 0 aromatic heterocycles. The van der Waals surface area contributed by atoms with E-state index in [9.17, 15) is 8.42 Å². The van der Waals surface area contributed by atoms with Gasteiger partial charge in [0.05, 0.1) is 12.4 Å². The number of rotatable bonds is 5.